The van der Waals surface area contributed by atoms with Crippen LogP contribution >= 0.6 is 23.5 Å². The molecule has 2 aromatic carbocycles. The molecule has 1 saturated heterocycles. The van der Waals surface area contributed by atoms with Crippen LogP contribution < -0.4 is 10.0 Å². The highest BCUT2D eigenvalue weighted by Crippen LogP contribution is 2.35. The van der Waals surface area contributed by atoms with Gasteiger partial charge in [0, 0.05) is 40.7 Å². The van der Waals surface area contributed by atoms with Gasteiger partial charge in [-0.25, -0.2) is 8.42 Å². The van der Waals surface area contributed by atoms with E-state index in [-0.39, 0.29) is 23.1 Å². The number of fused-ring (bicyclic) bond motifs is 1. The van der Waals surface area contributed by atoms with Crippen LogP contribution in [0.25, 0.3) is 0 Å². The lowest BCUT2D eigenvalue weighted by Gasteiger charge is -2.18. The Morgan fingerprint density at radius 2 is 2.00 bits per heavy atom. The number of anilines is 2. The average molecular weight is 492 g/mol. The van der Waals surface area contributed by atoms with Crippen molar-refractivity contribution in [1.82, 2.24) is 4.90 Å². The first-order valence-electron chi connectivity index (χ1n) is 10.4. The predicted octanol–water partition coefficient (Wildman–Crippen LogP) is 3.88. The number of amides is 2. The zero-order valence-corrected chi connectivity index (χ0v) is 20.1. The van der Waals surface area contributed by atoms with E-state index < -0.39 is 15.9 Å². The molecule has 0 unspecified atom stereocenters. The maximum Gasteiger partial charge on any atom is 0.261 e. The molecular formula is C22H25N3O4S3. The van der Waals surface area contributed by atoms with Crippen LogP contribution in [0.15, 0.2) is 57.2 Å². The Labute approximate surface area is 196 Å². The van der Waals surface area contributed by atoms with E-state index >= 15 is 0 Å². The quantitative estimate of drug-likeness (QED) is 0.596. The molecule has 2 heterocycles. The summed E-state index contributed by atoms with van der Waals surface area (Å²) in [6.45, 7) is 1.52. The van der Waals surface area contributed by atoms with Gasteiger partial charge >= 0.3 is 0 Å². The molecule has 2 N–H and O–H groups in total. The van der Waals surface area contributed by atoms with Gasteiger partial charge in [-0.2, -0.15) is 0 Å². The fraction of sp³-hybridized carbons (Fsp3) is 0.364. The monoisotopic (exact) mass is 491 g/mol. The van der Waals surface area contributed by atoms with Crippen molar-refractivity contribution in [2.24, 2.45) is 5.92 Å². The molecule has 2 aliphatic heterocycles. The van der Waals surface area contributed by atoms with Crippen molar-refractivity contribution in [1.29, 1.82) is 0 Å². The van der Waals surface area contributed by atoms with E-state index in [0.717, 1.165) is 35.7 Å². The highest BCUT2D eigenvalue weighted by molar-refractivity contribution is 7.99. The summed E-state index contributed by atoms with van der Waals surface area (Å²) in [5.41, 5.74) is 0.933. The van der Waals surface area contributed by atoms with Crippen LogP contribution in [0, 0.1) is 5.92 Å². The van der Waals surface area contributed by atoms with Crippen LogP contribution in [0.1, 0.15) is 19.3 Å². The summed E-state index contributed by atoms with van der Waals surface area (Å²) in [6.07, 6.45) is 4.11. The number of rotatable bonds is 6. The second-order valence-corrected chi connectivity index (χ2v) is 11.4. The average Bonchev–Trinajstić information content (AvgIpc) is 3.27. The molecule has 1 fully saturated rings. The Balaban J connectivity index is 1.49. The number of benzene rings is 2. The first-order valence-corrected chi connectivity index (χ1v) is 14.1. The van der Waals surface area contributed by atoms with Crippen molar-refractivity contribution in [2.45, 2.75) is 33.9 Å². The van der Waals surface area contributed by atoms with E-state index in [1.807, 2.05) is 17.2 Å². The molecule has 4 rings (SSSR count). The maximum absolute atomic E-state index is 12.9. The van der Waals surface area contributed by atoms with Crippen LogP contribution in [0.3, 0.4) is 0 Å². The number of likely N-dealkylation sites (tertiary alicyclic amines) is 1. The van der Waals surface area contributed by atoms with E-state index in [0.29, 0.717) is 17.1 Å². The van der Waals surface area contributed by atoms with Gasteiger partial charge in [0.05, 0.1) is 16.5 Å². The Morgan fingerprint density at radius 3 is 2.75 bits per heavy atom. The normalized spacial score (nSPS) is 18.6. The smallest absolute Gasteiger partial charge is 0.261 e. The molecule has 0 saturated carbocycles. The number of carbonyl (C=O) groups excluding carboxylic acids is 2. The molecule has 2 aromatic rings. The van der Waals surface area contributed by atoms with E-state index in [1.165, 1.54) is 35.7 Å². The predicted molar refractivity (Wildman–Crippen MR) is 129 cm³/mol. The molecule has 0 bridgehead atoms. The third kappa shape index (κ3) is 5.24. The standard InChI is InChI=1S/C22H25N3O4S3/c1-30-17-6-4-5-16(12-17)24-32(28,29)18-7-8-20-19(13-18)23-22(27)15(14-31-20)11-21(26)25-9-2-3-10-25/h4-8,12-13,15,24H,2-3,9-11,14H2,1H3,(H,23,27)/t15-/m0/s1. The van der Waals surface area contributed by atoms with Crippen LogP contribution in [0.2, 0.25) is 0 Å². The van der Waals surface area contributed by atoms with E-state index in [2.05, 4.69) is 10.0 Å². The molecule has 7 nitrogen and oxygen atoms in total. The van der Waals surface area contributed by atoms with Crippen LogP contribution in [0.5, 0.6) is 0 Å². The molecular weight excluding hydrogens is 466 g/mol. The molecule has 0 radical (unpaired) electrons. The van der Waals surface area contributed by atoms with Gasteiger partial charge in [0.2, 0.25) is 11.8 Å². The van der Waals surface area contributed by atoms with Crippen molar-refractivity contribution < 1.29 is 18.0 Å². The van der Waals surface area contributed by atoms with E-state index in [9.17, 15) is 18.0 Å². The fourth-order valence-electron chi connectivity index (χ4n) is 3.76. The third-order valence-corrected chi connectivity index (χ3v) is 8.87. The molecule has 0 aromatic heterocycles. The van der Waals surface area contributed by atoms with Crippen molar-refractivity contribution in [3.8, 4) is 0 Å². The highest BCUT2D eigenvalue weighted by atomic mass is 32.2. The van der Waals surface area contributed by atoms with Crippen LogP contribution in [-0.4, -0.2) is 50.2 Å². The van der Waals surface area contributed by atoms with Gasteiger partial charge in [0.1, 0.15) is 0 Å². The topological polar surface area (TPSA) is 95.6 Å². The maximum atomic E-state index is 12.9. The Kier molecular flexibility index (Phi) is 7.02. The summed E-state index contributed by atoms with van der Waals surface area (Å²) in [4.78, 5) is 28.9. The second-order valence-electron chi connectivity index (χ2n) is 7.78. The van der Waals surface area contributed by atoms with Gasteiger partial charge in [-0.05, 0) is 55.5 Å². The SMILES string of the molecule is CSc1cccc(NS(=O)(=O)c2ccc3c(c2)NC(=O)[C@@H](CC(=O)N2CCCC2)CS3)c1. The molecule has 0 aliphatic carbocycles. The number of hydrogen-bond donors (Lipinski definition) is 2. The lowest BCUT2D eigenvalue weighted by molar-refractivity contribution is -0.133. The van der Waals surface area contributed by atoms with E-state index in [1.54, 1.807) is 24.3 Å². The summed E-state index contributed by atoms with van der Waals surface area (Å²) < 4.78 is 28.4. The first kappa shape index (κ1) is 23.0. The fourth-order valence-corrected chi connectivity index (χ4v) is 6.37. The summed E-state index contributed by atoms with van der Waals surface area (Å²) in [5.74, 6) is -0.217. The number of carbonyl (C=O) groups is 2. The Bertz CT molecular complexity index is 1130. The summed E-state index contributed by atoms with van der Waals surface area (Å²) >= 11 is 2.99. The lowest BCUT2D eigenvalue weighted by atomic mass is 10.1. The van der Waals surface area contributed by atoms with Gasteiger partial charge in [0.25, 0.3) is 10.0 Å². The highest BCUT2D eigenvalue weighted by Gasteiger charge is 2.30. The molecule has 0 spiro atoms. The van der Waals surface area contributed by atoms with Gasteiger partial charge in [-0.15, -0.1) is 23.5 Å². The van der Waals surface area contributed by atoms with Crippen molar-refractivity contribution in [2.75, 3.05) is 35.1 Å². The zero-order chi connectivity index (χ0) is 22.7. The van der Waals surface area contributed by atoms with Gasteiger partial charge in [-0.3, -0.25) is 14.3 Å². The van der Waals surface area contributed by atoms with E-state index in [4.69, 9.17) is 0 Å². The van der Waals surface area contributed by atoms with Crippen molar-refractivity contribution in [3.05, 3.63) is 42.5 Å². The number of sulfonamides is 1. The van der Waals surface area contributed by atoms with Gasteiger partial charge in [0.15, 0.2) is 0 Å². The molecule has 2 amide bonds. The largest absolute Gasteiger partial charge is 0.343 e. The number of hydrogen-bond acceptors (Lipinski definition) is 6. The summed E-state index contributed by atoms with van der Waals surface area (Å²) in [6, 6.07) is 11.9. The van der Waals surface area contributed by atoms with Crippen molar-refractivity contribution in [3.63, 3.8) is 0 Å². The van der Waals surface area contributed by atoms with Crippen LogP contribution in [0.4, 0.5) is 11.4 Å². The number of nitrogens with zero attached hydrogens (tertiary/aromatic N) is 1. The minimum Gasteiger partial charge on any atom is -0.343 e. The molecule has 170 valence electrons. The van der Waals surface area contributed by atoms with Crippen molar-refractivity contribution >= 4 is 56.7 Å². The second kappa shape index (κ2) is 9.76. The molecule has 1 atom stereocenters. The number of nitrogens with one attached hydrogen (secondary N) is 2. The Morgan fingerprint density at radius 1 is 1.22 bits per heavy atom. The molecule has 2 aliphatic rings. The summed E-state index contributed by atoms with van der Waals surface area (Å²) in [5, 5.41) is 2.84. The van der Waals surface area contributed by atoms with Gasteiger partial charge in [-0.1, -0.05) is 6.07 Å². The zero-order valence-electron chi connectivity index (χ0n) is 17.7. The molecule has 10 heteroatoms. The minimum absolute atomic E-state index is 0.00847. The summed E-state index contributed by atoms with van der Waals surface area (Å²) in [7, 11) is -3.83. The Hall–Kier alpha value is -2.17. The number of thioether (sulfide) groups is 2. The van der Waals surface area contributed by atoms with Crippen LogP contribution in [-0.2, 0) is 19.6 Å². The minimum atomic E-state index is -3.83. The third-order valence-electron chi connectivity index (χ3n) is 5.53. The lowest BCUT2D eigenvalue weighted by Crippen LogP contribution is -2.33. The molecule has 32 heavy (non-hydrogen) atoms. The first-order chi connectivity index (χ1) is 15.4. The van der Waals surface area contributed by atoms with Gasteiger partial charge < -0.3 is 10.2 Å².